The zero-order valence-corrected chi connectivity index (χ0v) is 21.7. The maximum Gasteiger partial charge on any atom is 0.216 e. The minimum absolute atomic E-state index is 0.0362. The van der Waals surface area contributed by atoms with Crippen LogP contribution in [0.2, 0.25) is 0 Å². The molecule has 0 fully saturated rings. The Kier molecular flexibility index (Phi) is 6.68. The van der Waals surface area contributed by atoms with Gasteiger partial charge in [0, 0.05) is 5.56 Å². The number of nitrogens with zero attached hydrogens (tertiary/aromatic N) is 1. The summed E-state index contributed by atoms with van der Waals surface area (Å²) in [5.41, 5.74) is 15.0. The van der Waals surface area contributed by atoms with Crippen molar-refractivity contribution in [3.8, 4) is 39.3 Å². The van der Waals surface area contributed by atoms with E-state index in [4.69, 9.17) is 19.9 Å². The molecule has 0 spiro atoms. The lowest BCUT2D eigenvalue weighted by atomic mass is 9.85. The standard InChI is InChI=1S/C33H32N2O2/c1-33(2,3)25-18-24(19-26(20-25)36-4)29-21-37-32(35-29)31(34)30-27(22-12-7-5-8-13-22)16-11-17-28(30)23-14-9-6-10-15-23/h5-21,31H,34H2,1-4H3. The number of benzene rings is 4. The minimum atomic E-state index is -0.562. The van der Waals surface area contributed by atoms with Crippen LogP contribution in [0.15, 0.2) is 108 Å². The quantitative estimate of drug-likeness (QED) is 0.263. The third kappa shape index (κ3) is 5.07. The highest BCUT2D eigenvalue weighted by Gasteiger charge is 2.24. The van der Waals surface area contributed by atoms with Crippen molar-refractivity contribution in [3.05, 3.63) is 120 Å². The summed E-state index contributed by atoms with van der Waals surface area (Å²) in [7, 11) is 1.68. The van der Waals surface area contributed by atoms with Crippen LogP contribution < -0.4 is 10.5 Å². The highest BCUT2D eigenvalue weighted by molar-refractivity contribution is 5.80. The highest BCUT2D eigenvalue weighted by atomic mass is 16.5. The van der Waals surface area contributed by atoms with Crippen LogP contribution in [0.1, 0.15) is 43.8 Å². The third-order valence-electron chi connectivity index (χ3n) is 6.68. The summed E-state index contributed by atoms with van der Waals surface area (Å²) < 4.78 is 11.6. The van der Waals surface area contributed by atoms with Crippen LogP contribution in [0.25, 0.3) is 33.5 Å². The monoisotopic (exact) mass is 488 g/mol. The number of ether oxygens (including phenoxy) is 1. The third-order valence-corrected chi connectivity index (χ3v) is 6.68. The van der Waals surface area contributed by atoms with Crippen molar-refractivity contribution in [1.82, 2.24) is 4.98 Å². The van der Waals surface area contributed by atoms with Gasteiger partial charge in [0.1, 0.15) is 23.7 Å². The lowest BCUT2D eigenvalue weighted by Gasteiger charge is -2.20. The van der Waals surface area contributed by atoms with Gasteiger partial charge in [-0.1, -0.05) is 99.6 Å². The van der Waals surface area contributed by atoms with E-state index in [-0.39, 0.29) is 5.41 Å². The maximum absolute atomic E-state index is 6.96. The van der Waals surface area contributed by atoms with Crippen molar-refractivity contribution in [1.29, 1.82) is 0 Å². The van der Waals surface area contributed by atoms with Crippen LogP contribution in [-0.4, -0.2) is 12.1 Å². The normalized spacial score (nSPS) is 12.4. The van der Waals surface area contributed by atoms with Gasteiger partial charge < -0.3 is 14.9 Å². The van der Waals surface area contributed by atoms with Gasteiger partial charge in [0.2, 0.25) is 5.89 Å². The predicted octanol–water partition coefficient (Wildman–Crippen LogP) is 8.03. The van der Waals surface area contributed by atoms with E-state index in [9.17, 15) is 0 Å². The summed E-state index contributed by atoms with van der Waals surface area (Å²) >= 11 is 0. The Bertz CT molecular complexity index is 1440. The number of methoxy groups -OCH3 is 1. The van der Waals surface area contributed by atoms with Gasteiger partial charge in [-0.15, -0.1) is 0 Å². The number of hydrogen-bond donors (Lipinski definition) is 1. The summed E-state index contributed by atoms with van der Waals surface area (Å²) in [4.78, 5) is 4.88. The molecule has 1 heterocycles. The fourth-order valence-electron chi connectivity index (χ4n) is 4.62. The first-order valence-electron chi connectivity index (χ1n) is 12.5. The molecular formula is C33H32N2O2. The SMILES string of the molecule is COc1cc(-c2coc(C(N)c3c(-c4ccccc4)cccc3-c3ccccc3)n2)cc(C(C)(C)C)c1. The van der Waals surface area contributed by atoms with Crippen molar-refractivity contribution < 1.29 is 9.15 Å². The Morgan fingerprint density at radius 2 is 1.35 bits per heavy atom. The van der Waals surface area contributed by atoms with Crippen molar-refractivity contribution in [2.24, 2.45) is 5.73 Å². The number of hydrogen-bond acceptors (Lipinski definition) is 4. The molecule has 0 amide bonds. The molecule has 4 heteroatoms. The van der Waals surface area contributed by atoms with Gasteiger partial charge in [0.15, 0.2) is 0 Å². The molecule has 5 rings (SSSR count). The van der Waals surface area contributed by atoms with Crippen LogP contribution in [-0.2, 0) is 5.41 Å². The number of oxazole rings is 1. The molecule has 0 saturated carbocycles. The average molecular weight is 489 g/mol. The second-order valence-electron chi connectivity index (χ2n) is 10.2. The van der Waals surface area contributed by atoms with Gasteiger partial charge in [0.05, 0.1) is 7.11 Å². The first kappa shape index (κ1) is 24.5. The summed E-state index contributed by atoms with van der Waals surface area (Å²) in [6.45, 7) is 6.55. The molecule has 1 unspecified atom stereocenters. The fourth-order valence-corrected chi connectivity index (χ4v) is 4.62. The summed E-state index contributed by atoms with van der Waals surface area (Å²) in [5, 5.41) is 0. The van der Waals surface area contributed by atoms with Gasteiger partial charge in [-0.3, -0.25) is 0 Å². The largest absolute Gasteiger partial charge is 0.497 e. The summed E-state index contributed by atoms with van der Waals surface area (Å²) in [5.74, 6) is 1.26. The lowest BCUT2D eigenvalue weighted by molar-refractivity contribution is 0.413. The number of nitrogens with two attached hydrogens (primary N) is 1. The summed E-state index contributed by atoms with van der Waals surface area (Å²) in [6, 6.07) is 32.5. The zero-order chi connectivity index (χ0) is 26.0. The molecule has 0 aliphatic rings. The molecule has 0 bridgehead atoms. The summed E-state index contributed by atoms with van der Waals surface area (Å²) in [6.07, 6.45) is 1.68. The molecule has 4 aromatic carbocycles. The molecule has 2 N–H and O–H groups in total. The van der Waals surface area contributed by atoms with Crippen molar-refractivity contribution in [2.75, 3.05) is 7.11 Å². The van der Waals surface area contributed by atoms with E-state index >= 15 is 0 Å². The smallest absolute Gasteiger partial charge is 0.216 e. The van der Waals surface area contributed by atoms with E-state index in [0.29, 0.717) is 5.89 Å². The van der Waals surface area contributed by atoms with E-state index < -0.39 is 6.04 Å². The Morgan fingerprint density at radius 3 is 1.89 bits per heavy atom. The number of rotatable bonds is 6. The molecule has 186 valence electrons. The van der Waals surface area contributed by atoms with Crippen molar-refractivity contribution >= 4 is 0 Å². The Balaban J connectivity index is 1.62. The Hall–Kier alpha value is -4.15. The average Bonchev–Trinajstić information content (AvgIpc) is 3.43. The topological polar surface area (TPSA) is 61.3 Å². The van der Waals surface area contributed by atoms with Crippen LogP contribution >= 0.6 is 0 Å². The fraction of sp³-hybridized carbons (Fsp3) is 0.182. The van der Waals surface area contributed by atoms with Crippen LogP contribution in [0.4, 0.5) is 0 Å². The molecule has 1 atom stereocenters. The second kappa shape index (κ2) is 10.1. The molecule has 5 aromatic rings. The van der Waals surface area contributed by atoms with E-state index in [1.165, 1.54) is 0 Å². The van der Waals surface area contributed by atoms with Gasteiger partial charge in [-0.25, -0.2) is 4.98 Å². The zero-order valence-electron chi connectivity index (χ0n) is 21.7. The molecule has 0 aliphatic carbocycles. The molecule has 1 aromatic heterocycles. The number of aromatic nitrogens is 1. The highest BCUT2D eigenvalue weighted by Crippen LogP contribution is 2.39. The molecule has 0 radical (unpaired) electrons. The van der Waals surface area contributed by atoms with Crippen molar-refractivity contribution in [3.63, 3.8) is 0 Å². The minimum Gasteiger partial charge on any atom is -0.497 e. The first-order chi connectivity index (χ1) is 17.8. The predicted molar refractivity (Wildman–Crippen MR) is 151 cm³/mol. The Labute approximate surface area is 218 Å². The molecule has 0 saturated heterocycles. The molecule has 37 heavy (non-hydrogen) atoms. The van der Waals surface area contributed by atoms with Gasteiger partial charge >= 0.3 is 0 Å². The van der Waals surface area contributed by atoms with Crippen LogP contribution in [0.3, 0.4) is 0 Å². The molecule has 4 nitrogen and oxygen atoms in total. The second-order valence-corrected chi connectivity index (χ2v) is 10.2. The van der Waals surface area contributed by atoms with Gasteiger partial charge in [0.25, 0.3) is 0 Å². The van der Waals surface area contributed by atoms with E-state index in [0.717, 1.165) is 50.4 Å². The molecular weight excluding hydrogens is 456 g/mol. The first-order valence-corrected chi connectivity index (χ1v) is 12.5. The Morgan fingerprint density at radius 1 is 0.757 bits per heavy atom. The van der Waals surface area contributed by atoms with Gasteiger partial charge in [-0.2, -0.15) is 0 Å². The van der Waals surface area contributed by atoms with E-state index in [1.807, 2.05) is 42.5 Å². The van der Waals surface area contributed by atoms with Crippen LogP contribution in [0, 0.1) is 0 Å². The maximum atomic E-state index is 6.96. The van der Waals surface area contributed by atoms with E-state index in [1.54, 1.807) is 13.4 Å². The van der Waals surface area contributed by atoms with E-state index in [2.05, 4.69) is 75.4 Å². The van der Waals surface area contributed by atoms with Gasteiger partial charge in [-0.05, 0) is 57.0 Å². The van der Waals surface area contributed by atoms with Crippen LogP contribution in [0.5, 0.6) is 5.75 Å². The molecule has 0 aliphatic heterocycles. The van der Waals surface area contributed by atoms with Crippen molar-refractivity contribution in [2.45, 2.75) is 32.2 Å². The lowest BCUT2D eigenvalue weighted by Crippen LogP contribution is -2.15.